The number of halogens is 3. The fourth-order valence-corrected chi connectivity index (χ4v) is 2.65. The third-order valence-corrected chi connectivity index (χ3v) is 3.91. The molecule has 1 aliphatic rings. The maximum Gasteiger partial charge on any atom is 0.451 e. The molecule has 0 fully saturated rings. The predicted octanol–water partition coefficient (Wildman–Crippen LogP) is 0.719. The van der Waals surface area contributed by atoms with Crippen LogP contribution in [0, 0.1) is 0 Å². The zero-order valence-electron chi connectivity index (χ0n) is 11.4. The number of nitrogens with zero attached hydrogens (tertiary/aromatic N) is 4. The van der Waals surface area contributed by atoms with Crippen LogP contribution in [0.3, 0.4) is 0 Å². The van der Waals surface area contributed by atoms with Gasteiger partial charge in [0.25, 0.3) is 0 Å². The molecule has 1 aliphatic heterocycles. The van der Waals surface area contributed by atoms with Gasteiger partial charge in [-0.1, -0.05) is 0 Å². The van der Waals surface area contributed by atoms with Crippen molar-refractivity contribution in [2.24, 2.45) is 5.73 Å². The second-order valence-corrected chi connectivity index (χ2v) is 5.72. The monoisotopic (exact) mass is 323 g/mol. The van der Waals surface area contributed by atoms with Gasteiger partial charge in [0.2, 0.25) is 11.7 Å². The van der Waals surface area contributed by atoms with Gasteiger partial charge < -0.3 is 15.2 Å². The van der Waals surface area contributed by atoms with Crippen LogP contribution >= 0.6 is 11.8 Å². The lowest BCUT2D eigenvalue weighted by molar-refractivity contribution is -0.148. The van der Waals surface area contributed by atoms with Gasteiger partial charge in [0.15, 0.2) is 5.82 Å². The van der Waals surface area contributed by atoms with Crippen molar-refractivity contribution in [1.82, 2.24) is 19.7 Å². The quantitative estimate of drug-likeness (QED) is 0.883. The fourth-order valence-electron chi connectivity index (χ4n) is 2.16. The van der Waals surface area contributed by atoms with E-state index in [0.717, 1.165) is 10.3 Å². The number of carbonyl (C=O) groups is 1. The van der Waals surface area contributed by atoms with Gasteiger partial charge in [-0.25, -0.2) is 0 Å². The van der Waals surface area contributed by atoms with Crippen molar-refractivity contribution in [3.63, 3.8) is 0 Å². The number of rotatable bonds is 4. The molecule has 2 N–H and O–H groups in total. The highest BCUT2D eigenvalue weighted by molar-refractivity contribution is 7.98. The molecule has 1 amide bonds. The van der Waals surface area contributed by atoms with Gasteiger partial charge in [-0.15, -0.1) is 10.2 Å². The Hall–Kier alpha value is -1.29. The van der Waals surface area contributed by atoms with Crippen LogP contribution in [-0.2, 0) is 24.1 Å². The highest BCUT2D eigenvalue weighted by Crippen LogP contribution is 2.29. The molecule has 0 aromatic carbocycles. The van der Waals surface area contributed by atoms with E-state index in [1.807, 2.05) is 6.26 Å². The second-order valence-electron chi connectivity index (χ2n) is 4.74. The maximum absolute atomic E-state index is 12.7. The minimum atomic E-state index is -4.54. The summed E-state index contributed by atoms with van der Waals surface area (Å²) >= 11 is 1.59. The van der Waals surface area contributed by atoms with Gasteiger partial charge in [-0.05, 0) is 18.4 Å². The fraction of sp³-hybridized carbons (Fsp3) is 0.727. The number of alkyl halides is 3. The molecule has 0 unspecified atom stereocenters. The van der Waals surface area contributed by atoms with E-state index < -0.39 is 18.0 Å². The van der Waals surface area contributed by atoms with Gasteiger partial charge in [-0.3, -0.25) is 4.79 Å². The van der Waals surface area contributed by atoms with Crippen molar-refractivity contribution in [1.29, 1.82) is 0 Å². The lowest BCUT2D eigenvalue weighted by Crippen LogP contribution is -2.47. The number of hydrogen-bond donors (Lipinski definition) is 1. The van der Waals surface area contributed by atoms with Gasteiger partial charge in [0.05, 0.1) is 12.6 Å². The molecular weight excluding hydrogens is 307 g/mol. The zero-order chi connectivity index (χ0) is 15.6. The van der Waals surface area contributed by atoms with Crippen LogP contribution in [0.25, 0.3) is 0 Å². The van der Waals surface area contributed by atoms with Crippen LogP contribution in [0.4, 0.5) is 13.2 Å². The summed E-state index contributed by atoms with van der Waals surface area (Å²) in [6.07, 6.45) is -2.08. The van der Waals surface area contributed by atoms with Crippen molar-refractivity contribution < 1.29 is 18.0 Å². The Morgan fingerprint density at radius 1 is 1.43 bits per heavy atom. The minimum Gasteiger partial charge on any atom is -0.332 e. The number of nitrogens with two attached hydrogens (primary N) is 1. The zero-order valence-corrected chi connectivity index (χ0v) is 12.2. The molecule has 0 radical (unpaired) electrons. The SMILES string of the molecule is CSCC[C@H](N)C(=O)N1CCn2c(nnc2C(F)(F)F)C1. The average molecular weight is 323 g/mol. The standard InChI is InChI=1S/C11H16F3N5OS/c1-21-5-2-7(15)9(20)18-3-4-19-8(6-18)16-17-10(19)11(12,13)14/h7H,2-6,15H2,1H3/t7-/m0/s1. The Balaban J connectivity index is 2.07. The first-order valence-electron chi connectivity index (χ1n) is 6.37. The van der Waals surface area contributed by atoms with Crippen LogP contribution < -0.4 is 5.73 Å². The largest absolute Gasteiger partial charge is 0.451 e. The molecule has 0 saturated carbocycles. The van der Waals surface area contributed by atoms with Crippen LogP contribution in [0.1, 0.15) is 18.1 Å². The summed E-state index contributed by atoms with van der Waals surface area (Å²) in [7, 11) is 0. The van der Waals surface area contributed by atoms with E-state index in [4.69, 9.17) is 5.73 Å². The molecule has 1 atom stereocenters. The Morgan fingerprint density at radius 2 is 2.14 bits per heavy atom. The maximum atomic E-state index is 12.7. The Labute approximate surface area is 123 Å². The average Bonchev–Trinajstić information content (AvgIpc) is 2.86. The molecule has 1 aromatic heterocycles. The van der Waals surface area contributed by atoms with Crippen LogP contribution in [0.15, 0.2) is 0 Å². The summed E-state index contributed by atoms with van der Waals surface area (Å²) in [5.74, 6) is -0.378. The lowest BCUT2D eigenvalue weighted by Gasteiger charge is -2.30. The van der Waals surface area contributed by atoms with Crippen molar-refractivity contribution in [3.8, 4) is 0 Å². The first-order chi connectivity index (χ1) is 9.84. The molecule has 2 rings (SSSR count). The van der Waals surface area contributed by atoms with Crippen LogP contribution in [0.2, 0.25) is 0 Å². The van der Waals surface area contributed by atoms with Gasteiger partial charge in [-0.2, -0.15) is 24.9 Å². The first kappa shape index (κ1) is 16.1. The molecule has 10 heteroatoms. The normalized spacial score (nSPS) is 16.7. The highest BCUT2D eigenvalue weighted by Gasteiger charge is 2.40. The number of aromatic nitrogens is 3. The van der Waals surface area contributed by atoms with E-state index in [9.17, 15) is 18.0 Å². The van der Waals surface area contributed by atoms with Crippen molar-refractivity contribution in [3.05, 3.63) is 11.6 Å². The van der Waals surface area contributed by atoms with E-state index in [2.05, 4.69) is 10.2 Å². The predicted molar refractivity (Wildman–Crippen MR) is 71.4 cm³/mol. The summed E-state index contributed by atoms with van der Waals surface area (Å²) in [5, 5.41) is 6.70. The van der Waals surface area contributed by atoms with E-state index in [1.54, 1.807) is 11.8 Å². The van der Waals surface area contributed by atoms with Gasteiger partial charge >= 0.3 is 6.18 Å². The Morgan fingerprint density at radius 3 is 2.76 bits per heavy atom. The van der Waals surface area contributed by atoms with E-state index in [-0.39, 0.29) is 31.4 Å². The molecule has 0 bridgehead atoms. The summed E-state index contributed by atoms with van der Waals surface area (Å²) in [5.41, 5.74) is 5.80. The Kier molecular flexibility index (Phi) is 4.77. The van der Waals surface area contributed by atoms with Crippen molar-refractivity contribution in [2.75, 3.05) is 18.6 Å². The topological polar surface area (TPSA) is 77.0 Å². The summed E-state index contributed by atoms with van der Waals surface area (Å²) in [6.45, 7) is 0.215. The Bertz CT molecular complexity index is 518. The molecule has 1 aromatic rings. The third-order valence-electron chi connectivity index (χ3n) is 3.27. The second kappa shape index (κ2) is 6.22. The number of thioether (sulfide) groups is 1. The molecule has 0 saturated heterocycles. The number of fused-ring (bicyclic) bond motifs is 1. The van der Waals surface area contributed by atoms with Crippen LogP contribution in [0.5, 0.6) is 0 Å². The van der Waals surface area contributed by atoms with Gasteiger partial charge in [0, 0.05) is 13.1 Å². The molecule has 118 valence electrons. The van der Waals surface area contributed by atoms with E-state index in [1.165, 1.54) is 4.90 Å². The molecule has 21 heavy (non-hydrogen) atoms. The van der Waals surface area contributed by atoms with Crippen molar-refractivity contribution >= 4 is 17.7 Å². The van der Waals surface area contributed by atoms with E-state index in [0.29, 0.717) is 6.42 Å². The smallest absolute Gasteiger partial charge is 0.332 e. The van der Waals surface area contributed by atoms with E-state index >= 15 is 0 Å². The first-order valence-corrected chi connectivity index (χ1v) is 7.76. The number of amides is 1. The summed E-state index contributed by atoms with van der Waals surface area (Å²) in [4.78, 5) is 13.6. The van der Waals surface area contributed by atoms with Crippen LogP contribution in [-0.4, -0.2) is 50.2 Å². The lowest BCUT2D eigenvalue weighted by atomic mass is 10.2. The number of carbonyl (C=O) groups excluding carboxylic acids is 1. The summed E-state index contributed by atoms with van der Waals surface area (Å²) in [6, 6.07) is -0.631. The van der Waals surface area contributed by atoms with Gasteiger partial charge in [0.1, 0.15) is 0 Å². The molecular formula is C11H16F3N5OS. The molecule has 0 spiro atoms. The summed E-state index contributed by atoms with van der Waals surface area (Å²) < 4.78 is 39.1. The number of hydrogen-bond acceptors (Lipinski definition) is 5. The molecule has 0 aliphatic carbocycles. The molecule has 2 heterocycles. The molecule has 6 nitrogen and oxygen atoms in total. The van der Waals surface area contributed by atoms with Crippen molar-refractivity contribution in [2.45, 2.75) is 31.7 Å². The minimum absolute atomic E-state index is 0.00881. The highest BCUT2D eigenvalue weighted by atomic mass is 32.2. The third kappa shape index (κ3) is 3.49.